The molecule has 0 aromatic heterocycles. The Bertz CT molecular complexity index is 796. The molecular formula is C15H16N2O6S. The molecule has 2 rings (SSSR count). The van der Waals surface area contributed by atoms with Crippen molar-refractivity contribution in [1.82, 2.24) is 4.72 Å². The van der Waals surface area contributed by atoms with E-state index in [0.717, 1.165) is 12.1 Å². The fourth-order valence-electron chi connectivity index (χ4n) is 2.22. The Labute approximate surface area is 139 Å². The predicted octanol–water partition coefficient (Wildman–Crippen LogP) is 1.55. The van der Waals surface area contributed by atoms with Crippen LogP contribution in [0.25, 0.3) is 0 Å². The monoisotopic (exact) mass is 352 g/mol. The van der Waals surface area contributed by atoms with Crippen molar-refractivity contribution in [2.75, 3.05) is 13.7 Å². The van der Waals surface area contributed by atoms with E-state index in [9.17, 15) is 23.3 Å². The van der Waals surface area contributed by atoms with Gasteiger partial charge in [-0.1, -0.05) is 18.2 Å². The first-order valence-electron chi connectivity index (χ1n) is 7.03. The first-order chi connectivity index (χ1) is 11.3. The Morgan fingerprint density at radius 2 is 2.04 bits per heavy atom. The highest BCUT2D eigenvalue weighted by atomic mass is 32.2. The summed E-state index contributed by atoms with van der Waals surface area (Å²) < 4.78 is 31.5. The van der Waals surface area contributed by atoms with Gasteiger partial charge in [0.1, 0.15) is 0 Å². The zero-order valence-electron chi connectivity index (χ0n) is 12.8. The van der Waals surface area contributed by atoms with E-state index in [1.165, 1.54) is 19.2 Å². The van der Waals surface area contributed by atoms with Gasteiger partial charge in [-0.15, -0.1) is 0 Å². The summed E-state index contributed by atoms with van der Waals surface area (Å²) in [6.45, 7) is 0.101. The van der Waals surface area contributed by atoms with Crippen LogP contribution in [0.4, 0.5) is 5.69 Å². The molecule has 1 atom stereocenters. The molecule has 8 nitrogen and oxygen atoms in total. The summed E-state index contributed by atoms with van der Waals surface area (Å²) in [7, 11) is -2.50. The number of sulfonamides is 1. The largest absolute Gasteiger partial charge is 0.466 e. The van der Waals surface area contributed by atoms with Gasteiger partial charge in [-0.25, -0.2) is 17.9 Å². The molecule has 0 fully saturated rings. The number of esters is 1. The molecule has 0 spiro atoms. The number of allylic oxidation sites excluding steroid dienone is 2. The number of hydrogen-bond acceptors (Lipinski definition) is 6. The number of carbonyl (C=O) groups excluding carboxylic acids is 1. The summed E-state index contributed by atoms with van der Waals surface area (Å²) in [5.41, 5.74) is 0.288. The van der Waals surface area contributed by atoms with Crippen LogP contribution in [0.15, 0.2) is 53.0 Å². The van der Waals surface area contributed by atoms with Crippen LogP contribution in [0.3, 0.4) is 0 Å². The molecule has 128 valence electrons. The van der Waals surface area contributed by atoms with E-state index >= 15 is 0 Å². The average molecular weight is 352 g/mol. The summed E-state index contributed by atoms with van der Waals surface area (Å²) in [6, 6.07) is 4.62. The van der Waals surface area contributed by atoms with Gasteiger partial charge < -0.3 is 4.74 Å². The van der Waals surface area contributed by atoms with Crippen LogP contribution in [-0.2, 0) is 19.6 Å². The fourth-order valence-corrected chi connectivity index (χ4v) is 3.31. The van der Waals surface area contributed by atoms with Crippen molar-refractivity contribution in [2.24, 2.45) is 5.92 Å². The number of benzene rings is 1. The van der Waals surface area contributed by atoms with Crippen molar-refractivity contribution in [3.05, 3.63) is 58.2 Å². The lowest BCUT2D eigenvalue weighted by Gasteiger charge is -2.17. The molecule has 1 aliphatic carbocycles. The van der Waals surface area contributed by atoms with Crippen LogP contribution < -0.4 is 4.72 Å². The molecule has 0 aliphatic heterocycles. The molecule has 1 aromatic rings. The molecule has 0 amide bonds. The second-order valence-corrected chi connectivity index (χ2v) is 6.90. The zero-order valence-corrected chi connectivity index (χ0v) is 13.7. The van der Waals surface area contributed by atoms with Crippen LogP contribution in [0.2, 0.25) is 0 Å². The third-order valence-corrected chi connectivity index (χ3v) is 4.94. The first kappa shape index (κ1) is 17.8. The van der Waals surface area contributed by atoms with E-state index in [4.69, 9.17) is 0 Å². The van der Waals surface area contributed by atoms with E-state index in [2.05, 4.69) is 9.46 Å². The SMILES string of the molecule is COC(=O)C1=CC=CC(CNS(=O)(=O)c2ccc([N+](=O)[O-])cc2)C1. The molecule has 0 heterocycles. The van der Waals surface area contributed by atoms with E-state index < -0.39 is 20.9 Å². The number of hydrogen-bond donors (Lipinski definition) is 1. The summed E-state index contributed by atoms with van der Waals surface area (Å²) in [5, 5.41) is 10.6. The van der Waals surface area contributed by atoms with Crippen molar-refractivity contribution in [1.29, 1.82) is 0 Å². The minimum Gasteiger partial charge on any atom is -0.466 e. The van der Waals surface area contributed by atoms with E-state index in [1.54, 1.807) is 18.2 Å². The van der Waals surface area contributed by atoms with Crippen LogP contribution in [0.1, 0.15) is 6.42 Å². The molecule has 9 heteroatoms. The lowest BCUT2D eigenvalue weighted by molar-refractivity contribution is -0.384. The third kappa shape index (κ3) is 4.27. The molecule has 0 bridgehead atoms. The van der Waals surface area contributed by atoms with Crippen molar-refractivity contribution < 1.29 is 22.9 Å². The normalized spacial score (nSPS) is 17.2. The topological polar surface area (TPSA) is 116 Å². The minimum absolute atomic E-state index is 0.0587. The summed E-state index contributed by atoms with van der Waals surface area (Å²) >= 11 is 0. The van der Waals surface area contributed by atoms with Gasteiger partial charge in [0.2, 0.25) is 10.0 Å². The number of nitrogens with one attached hydrogen (secondary N) is 1. The number of ether oxygens (including phenoxy) is 1. The lowest BCUT2D eigenvalue weighted by atomic mass is 9.94. The van der Waals surface area contributed by atoms with Crippen LogP contribution >= 0.6 is 0 Å². The number of carbonyl (C=O) groups is 1. The smallest absolute Gasteiger partial charge is 0.333 e. The Morgan fingerprint density at radius 1 is 1.38 bits per heavy atom. The van der Waals surface area contributed by atoms with Crippen molar-refractivity contribution in [3.63, 3.8) is 0 Å². The van der Waals surface area contributed by atoms with Crippen molar-refractivity contribution >= 4 is 21.7 Å². The van der Waals surface area contributed by atoms with Gasteiger partial charge in [0, 0.05) is 24.3 Å². The highest BCUT2D eigenvalue weighted by Gasteiger charge is 2.21. The number of nitro benzene ring substituents is 1. The molecular weight excluding hydrogens is 336 g/mol. The number of rotatable bonds is 6. The lowest BCUT2D eigenvalue weighted by Crippen LogP contribution is -2.30. The number of methoxy groups -OCH3 is 1. The standard InChI is InChI=1S/C15H16N2O6S/c1-23-15(18)12-4-2-3-11(9-12)10-16-24(21,22)14-7-5-13(6-8-14)17(19)20/h2-8,11,16H,9-10H2,1H3. The predicted molar refractivity (Wildman–Crippen MR) is 85.6 cm³/mol. The zero-order chi connectivity index (χ0) is 17.7. The number of nitrogens with zero attached hydrogens (tertiary/aromatic N) is 1. The van der Waals surface area contributed by atoms with Crippen LogP contribution in [0.5, 0.6) is 0 Å². The van der Waals surface area contributed by atoms with Gasteiger partial charge in [-0.2, -0.15) is 0 Å². The molecule has 0 saturated carbocycles. The highest BCUT2D eigenvalue weighted by Crippen LogP contribution is 2.20. The van der Waals surface area contributed by atoms with Crippen LogP contribution in [-0.4, -0.2) is 33.0 Å². The van der Waals surface area contributed by atoms with Gasteiger partial charge in [-0.05, 0) is 24.5 Å². The Balaban J connectivity index is 2.00. The Kier molecular flexibility index (Phi) is 5.47. The van der Waals surface area contributed by atoms with E-state index in [1.807, 2.05) is 0 Å². The van der Waals surface area contributed by atoms with Crippen molar-refractivity contribution in [3.8, 4) is 0 Å². The first-order valence-corrected chi connectivity index (χ1v) is 8.51. The molecule has 1 N–H and O–H groups in total. The minimum atomic E-state index is -3.79. The quantitative estimate of drug-likeness (QED) is 0.472. The molecule has 1 unspecified atom stereocenters. The molecule has 24 heavy (non-hydrogen) atoms. The summed E-state index contributed by atoms with van der Waals surface area (Å²) in [6.07, 6.45) is 5.48. The molecule has 1 aromatic carbocycles. The highest BCUT2D eigenvalue weighted by molar-refractivity contribution is 7.89. The van der Waals surface area contributed by atoms with Crippen molar-refractivity contribution in [2.45, 2.75) is 11.3 Å². The van der Waals surface area contributed by atoms with Gasteiger partial charge >= 0.3 is 5.97 Å². The molecule has 1 aliphatic rings. The van der Waals surface area contributed by atoms with E-state index in [-0.39, 0.29) is 23.0 Å². The maximum atomic E-state index is 12.2. The van der Waals surface area contributed by atoms with Gasteiger partial charge in [0.15, 0.2) is 0 Å². The number of nitro groups is 1. The third-order valence-electron chi connectivity index (χ3n) is 3.50. The Hall–Kier alpha value is -2.52. The number of non-ortho nitro benzene ring substituents is 1. The van der Waals surface area contributed by atoms with Crippen LogP contribution in [0, 0.1) is 16.0 Å². The average Bonchev–Trinajstić information content (AvgIpc) is 2.59. The second-order valence-electron chi connectivity index (χ2n) is 5.14. The maximum absolute atomic E-state index is 12.2. The maximum Gasteiger partial charge on any atom is 0.333 e. The van der Waals surface area contributed by atoms with Gasteiger partial charge in [0.05, 0.1) is 16.9 Å². The Morgan fingerprint density at radius 3 is 2.62 bits per heavy atom. The van der Waals surface area contributed by atoms with E-state index in [0.29, 0.717) is 12.0 Å². The fraction of sp³-hybridized carbons (Fsp3) is 0.267. The molecule has 0 saturated heterocycles. The van der Waals surface area contributed by atoms with Gasteiger partial charge in [-0.3, -0.25) is 10.1 Å². The summed E-state index contributed by atoms with van der Waals surface area (Å²) in [4.78, 5) is 21.4. The summed E-state index contributed by atoms with van der Waals surface area (Å²) in [5.74, 6) is -0.625. The molecule has 0 radical (unpaired) electrons. The van der Waals surface area contributed by atoms with Gasteiger partial charge in [0.25, 0.3) is 5.69 Å². The second kappa shape index (κ2) is 7.37.